The van der Waals surface area contributed by atoms with Crippen LogP contribution in [0.25, 0.3) is 10.9 Å². The molecule has 1 aromatic heterocycles. The largest absolute Gasteiger partial charge is 0.467 e. The summed E-state index contributed by atoms with van der Waals surface area (Å²) in [5, 5.41) is 3.59. The van der Waals surface area contributed by atoms with E-state index in [1.165, 1.54) is 7.11 Å². The summed E-state index contributed by atoms with van der Waals surface area (Å²) in [4.78, 5) is 24.7. The number of alkyl carbamates (subject to hydrolysis) is 1. The molecule has 6 nitrogen and oxygen atoms in total. The summed E-state index contributed by atoms with van der Waals surface area (Å²) in [5.74, 6) is 2.25. The summed E-state index contributed by atoms with van der Waals surface area (Å²) in [5.41, 5.74) is 2.13. The molecule has 1 N–H and O–H groups in total. The summed E-state index contributed by atoms with van der Waals surface area (Å²) >= 11 is 0. The van der Waals surface area contributed by atoms with E-state index >= 15 is 0 Å². The first-order valence-corrected chi connectivity index (χ1v) is 9.98. The van der Waals surface area contributed by atoms with E-state index in [1.54, 1.807) is 0 Å². The molecule has 0 aliphatic carbocycles. The van der Waals surface area contributed by atoms with Gasteiger partial charge in [-0.2, -0.15) is 0 Å². The van der Waals surface area contributed by atoms with Gasteiger partial charge in [0.2, 0.25) is 0 Å². The average molecular weight is 418 g/mol. The molecule has 0 spiro atoms. The molecule has 31 heavy (non-hydrogen) atoms. The van der Waals surface area contributed by atoms with Crippen LogP contribution in [0.3, 0.4) is 0 Å². The number of nitrogens with one attached hydrogen (secondary N) is 1. The van der Waals surface area contributed by atoms with Crippen molar-refractivity contribution in [2.75, 3.05) is 7.11 Å². The third-order valence-electron chi connectivity index (χ3n) is 5.16. The molecule has 6 heteroatoms. The molecule has 0 fully saturated rings. The monoisotopic (exact) mass is 418 g/mol. The molecule has 0 aliphatic rings. The first-order valence-electron chi connectivity index (χ1n) is 9.98. The minimum atomic E-state index is -0.901. The Labute approximate surface area is 182 Å². The van der Waals surface area contributed by atoms with Crippen LogP contribution in [0.4, 0.5) is 4.79 Å². The lowest BCUT2D eigenvalue weighted by Gasteiger charge is -2.21. The van der Waals surface area contributed by atoms with E-state index in [4.69, 9.17) is 15.9 Å². The predicted octanol–water partition coefficient (Wildman–Crippen LogP) is 4.02. The minimum Gasteiger partial charge on any atom is -0.467 e. The first-order chi connectivity index (χ1) is 14.9. The van der Waals surface area contributed by atoms with Crippen LogP contribution in [0.15, 0.2) is 60.8 Å². The maximum absolute atomic E-state index is 12.4. The molecule has 0 bridgehead atoms. The minimum absolute atomic E-state index is 0.107. The molecule has 160 valence electrons. The highest BCUT2D eigenvalue weighted by Gasteiger charge is 2.26. The number of hydrogen-bond acceptors (Lipinski definition) is 4. The number of fused-ring (bicyclic) bond motifs is 1. The molecule has 0 saturated heterocycles. The van der Waals surface area contributed by atoms with Crippen LogP contribution in [0.2, 0.25) is 0 Å². The number of benzene rings is 2. The Morgan fingerprint density at radius 3 is 2.48 bits per heavy atom. The predicted molar refractivity (Wildman–Crippen MR) is 119 cm³/mol. The number of amides is 1. The van der Waals surface area contributed by atoms with Gasteiger partial charge in [-0.05, 0) is 31.0 Å². The van der Waals surface area contributed by atoms with E-state index in [0.717, 1.165) is 22.0 Å². The van der Waals surface area contributed by atoms with Gasteiger partial charge in [0, 0.05) is 23.5 Å². The number of para-hydroxylation sites is 1. The van der Waals surface area contributed by atoms with Gasteiger partial charge in [-0.15, -0.1) is 6.42 Å². The summed E-state index contributed by atoms with van der Waals surface area (Å²) in [7, 11) is 1.29. The maximum Gasteiger partial charge on any atom is 0.408 e. The number of hydrogen-bond donors (Lipinski definition) is 1. The van der Waals surface area contributed by atoms with E-state index < -0.39 is 23.6 Å². The van der Waals surface area contributed by atoms with Gasteiger partial charge in [0.1, 0.15) is 12.6 Å². The third-order valence-corrected chi connectivity index (χ3v) is 5.16. The van der Waals surface area contributed by atoms with Gasteiger partial charge in [-0.1, -0.05) is 54.5 Å². The van der Waals surface area contributed by atoms with Crippen LogP contribution in [0, 0.1) is 12.3 Å². The van der Waals surface area contributed by atoms with Crippen molar-refractivity contribution >= 4 is 23.0 Å². The van der Waals surface area contributed by atoms with Crippen molar-refractivity contribution in [3.8, 4) is 12.3 Å². The number of terminal acetylenes is 1. The quantitative estimate of drug-likeness (QED) is 0.465. The van der Waals surface area contributed by atoms with Gasteiger partial charge in [-0.3, -0.25) is 0 Å². The zero-order chi connectivity index (χ0) is 22.4. The molecule has 1 amide bonds. The SMILES string of the molecule is C#CC(C)(C)n1cc(CC(NC(=O)OCc2ccccc2)C(=O)OC)c2ccccc21. The van der Waals surface area contributed by atoms with Crippen molar-refractivity contribution in [1.82, 2.24) is 9.88 Å². The third kappa shape index (κ3) is 5.07. The maximum atomic E-state index is 12.4. The fourth-order valence-corrected chi connectivity index (χ4v) is 3.41. The molecule has 3 aromatic rings. The highest BCUT2D eigenvalue weighted by Crippen LogP contribution is 2.28. The van der Waals surface area contributed by atoms with Crippen molar-refractivity contribution in [1.29, 1.82) is 0 Å². The van der Waals surface area contributed by atoms with Gasteiger partial charge in [0.25, 0.3) is 0 Å². The molecule has 0 saturated carbocycles. The highest BCUT2D eigenvalue weighted by molar-refractivity contribution is 5.87. The number of nitrogens with zero attached hydrogens (tertiary/aromatic N) is 1. The standard InChI is InChI=1S/C25H26N2O4/c1-5-25(2,3)27-16-19(20-13-9-10-14-22(20)27)15-21(23(28)30-4)26-24(29)31-17-18-11-7-6-8-12-18/h1,6-14,16,21H,15,17H2,2-4H3,(H,26,29). The Morgan fingerprint density at radius 1 is 1.13 bits per heavy atom. The average Bonchev–Trinajstić information content (AvgIpc) is 3.17. The van der Waals surface area contributed by atoms with Gasteiger partial charge in [-0.25, -0.2) is 9.59 Å². The molecule has 3 rings (SSSR count). The van der Waals surface area contributed by atoms with E-state index in [2.05, 4.69) is 11.2 Å². The molecule has 1 heterocycles. The Hall–Kier alpha value is -3.72. The smallest absolute Gasteiger partial charge is 0.408 e. The van der Waals surface area contributed by atoms with E-state index in [1.807, 2.05) is 79.2 Å². The first kappa shape index (κ1) is 22.0. The number of esters is 1. The Kier molecular flexibility index (Phi) is 6.66. The molecular weight excluding hydrogens is 392 g/mol. The van der Waals surface area contributed by atoms with Crippen LogP contribution >= 0.6 is 0 Å². The Morgan fingerprint density at radius 2 is 1.81 bits per heavy atom. The lowest BCUT2D eigenvalue weighted by molar-refractivity contribution is -0.142. The summed E-state index contributed by atoms with van der Waals surface area (Å²) in [6, 6.07) is 16.2. The Balaban J connectivity index is 1.81. The van der Waals surface area contributed by atoms with Crippen LogP contribution < -0.4 is 5.32 Å². The lowest BCUT2D eigenvalue weighted by atomic mass is 10.1. The highest BCUT2D eigenvalue weighted by atomic mass is 16.6. The number of aromatic nitrogens is 1. The van der Waals surface area contributed by atoms with Gasteiger partial charge in [0.05, 0.1) is 12.6 Å². The summed E-state index contributed by atoms with van der Waals surface area (Å²) < 4.78 is 12.2. The Bertz CT molecular complexity index is 1110. The second-order valence-electron chi connectivity index (χ2n) is 7.73. The van der Waals surface area contributed by atoms with Crippen LogP contribution in [-0.4, -0.2) is 29.8 Å². The fourth-order valence-electron chi connectivity index (χ4n) is 3.41. The molecule has 1 unspecified atom stereocenters. The second-order valence-corrected chi connectivity index (χ2v) is 7.73. The second kappa shape index (κ2) is 9.40. The molecule has 2 aromatic carbocycles. The number of rotatable bonds is 7. The zero-order valence-electron chi connectivity index (χ0n) is 17.9. The number of carbonyl (C=O) groups excluding carboxylic acids is 2. The molecular formula is C25H26N2O4. The fraction of sp³-hybridized carbons (Fsp3) is 0.280. The van der Waals surface area contributed by atoms with Crippen molar-refractivity contribution in [3.05, 3.63) is 71.9 Å². The van der Waals surface area contributed by atoms with Gasteiger partial charge < -0.3 is 19.4 Å². The van der Waals surface area contributed by atoms with Crippen LogP contribution in [0.1, 0.15) is 25.0 Å². The van der Waals surface area contributed by atoms with Crippen molar-refractivity contribution in [2.45, 2.75) is 38.5 Å². The van der Waals surface area contributed by atoms with Gasteiger partial charge in [0.15, 0.2) is 0 Å². The number of carbonyl (C=O) groups is 2. The van der Waals surface area contributed by atoms with E-state index in [9.17, 15) is 9.59 Å². The van der Waals surface area contributed by atoms with E-state index in [0.29, 0.717) is 0 Å². The normalized spacial score (nSPS) is 12.1. The van der Waals surface area contributed by atoms with E-state index in [-0.39, 0.29) is 13.0 Å². The topological polar surface area (TPSA) is 69.6 Å². The zero-order valence-corrected chi connectivity index (χ0v) is 17.9. The molecule has 0 radical (unpaired) electrons. The van der Waals surface area contributed by atoms with Crippen molar-refractivity contribution in [3.63, 3.8) is 0 Å². The number of methoxy groups -OCH3 is 1. The lowest BCUT2D eigenvalue weighted by Crippen LogP contribution is -2.43. The summed E-state index contributed by atoms with van der Waals surface area (Å²) in [6.07, 6.45) is 7.22. The van der Waals surface area contributed by atoms with Gasteiger partial charge >= 0.3 is 12.1 Å². The van der Waals surface area contributed by atoms with Crippen molar-refractivity contribution < 1.29 is 19.1 Å². The van der Waals surface area contributed by atoms with Crippen LogP contribution in [-0.2, 0) is 32.8 Å². The van der Waals surface area contributed by atoms with Crippen LogP contribution in [0.5, 0.6) is 0 Å². The molecule has 1 atom stereocenters. The molecule has 0 aliphatic heterocycles. The summed E-state index contributed by atoms with van der Waals surface area (Å²) in [6.45, 7) is 4.00. The van der Waals surface area contributed by atoms with Crippen molar-refractivity contribution in [2.24, 2.45) is 0 Å². The number of ether oxygens (including phenoxy) is 2.